The number of methoxy groups -OCH3 is 1. The topological polar surface area (TPSA) is 83.0 Å². The van der Waals surface area contributed by atoms with Gasteiger partial charge in [0.15, 0.2) is 0 Å². The van der Waals surface area contributed by atoms with Crippen molar-refractivity contribution in [2.45, 2.75) is 40.2 Å². The molecule has 9 nitrogen and oxygen atoms in total. The highest BCUT2D eigenvalue weighted by Gasteiger charge is 2.52. The summed E-state index contributed by atoms with van der Waals surface area (Å²) in [7, 11) is 3.20. The molecule has 0 radical (unpaired) electrons. The number of carbonyl (C=O) groups excluding carboxylic acids is 2. The first-order chi connectivity index (χ1) is 12.8. The molecule has 146 valence electrons. The van der Waals surface area contributed by atoms with E-state index in [2.05, 4.69) is 10.1 Å². The van der Waals surface area contributed by atoms with Crippen molar-refractivity contribution in [3.05, 3.63) is 17.0 Å². The number of amidine groups is 1. The molecule has 1 fully saturated rings. The summed E-state index contributed by atoms with van der Waals surface area (Å²) in [6.07, 6.45) is 0.837. The van der Waals surface area contributed by atoms with Crippen LogP contribution in [0.25, 0.3) is 0 Å². The number of amides is 3. The Labute approximate surface area is 158 Å². The van der Waals surface area contributed by atoms with Crippen LogP contribution in [0.2, 0.25) is 0 Å². The molecule has 27 heavy (non-hydrogen) atoms. The van der Waals surface area contributed by atoms with E-state index in [9.17, 15) is 9.59 Å². The highest BCUT2D eigenvalue weighted by atomic mass is 16.5. The summed E-state index contributed by atoms with van der Waals surface area (Å²) in [4.78, 5) is 33.2. The first-order valence-electron chi connectivity index (χ1n) is 9.16. The Balaban J connectivity index is 2.11. The predicted molar refractivity (Wildman–Crippen MR) is 100 cm³/mol. The molecular weight excluding hydrogens is 348 g/mol. The third-order valence-electron chi connectivity index (χ3n) is 5.22. The van der Waals surface area contributed by atoms with Gasteiger partial charge in [-0.15, -0.1) is 9.78 Å². The SMILES string of the molecule is CCC[N+]1=C(n2nc(C)c(C)c2C)N=C2C1C(=O)N(CCOC)C(=O)N2C. The number of carbonyl (C=O) groups is 2. The van der Waals surface area contributed by atoms with Crippen LogP contribution < -0.4 is 0 Å². The Morgan fingerprint density at radius 3 is 2.48 bits per heavy atom. The summed E-state index contributed by atoms with van der Waals surface area (Å²) in [6, 6.07) is -1.00. The number of likely N-dealkylation sites (N-methyl/N-ethyl adjacent to an activating group) is 1. The molecule has 3 amide bonds. The molecule has 2 aliphatic heterocycles. The summed E-state index contributed by atoms with van der Waals surface area (Å²) >= 11 is 0. The fraction of sp³-hybridized carbons (Fsp3) is 0.611. The highest BCUT2D eigenvalue weighted by Crippen LogP contribution is 2.22. The maximum atomic E-state index is 13.1. The lowest BCUT2D eigenvalue weighted by atomic mass is 10.1. The van der Waals surface area contributed by atoms with Crippen LogP contribution in [-0.4, -0.2) is 87.8 Å². The van der Waals surface area contributed by atoms with Crippen LogP contribution in [0.3, 0.4) is 0 Å². The van der Waals surface area contributed by atoms with E-state index in [1.54, 1.807) is 18.8 Å². The molecule has 2 aliphatic rings. The zero-order chi connectivity index (χ0) is 19.9. The second-order valence-corrected chi connectivity index (χ2v) is 6.90. The summed E-state index contributed by atoms with van der Waals surface area (Å²) in [6.45, 7) is 9.15. The second kappa shape index (κ2) is 7.22. The molecule has 3 heterocycles. The summed E-state index contributed by atoms with van der Waals surface area (Å²) in [5.74, 6) is 0.773. The van der Waals surface area contributed by atoms with Gasteiger partial charge in [-0.2, -0.15) is 0 Å². The lowest BCUT2D eigenvalue weighted by Gasteiger charge is -2.33. The molecule has 1 atom stereocenters. The van der Waals surface area contributed by atoms with Crippen molar-refractivity contribution < 1.29 is 18.9 Å². The number of aromatic nitrogens is 2. The quantitative estimate of drug-likeness (QED) is 0.711. The van der Waals surface area contributed by atoms with Crippen LogP contribution in [0.4, 0.5) is 4.79 Å². The fourth-order valence-electron chi connectivity index (χ4n) is 3.45. The normalized spacial score (nSPS) is 19.9. The van der Waals surface area contributed by atoms with Gasteiger partial charge in [-0.05, 0) is 27.2 Å². The zero-order valence-electron chi connectivity index (χ0n) is 16.8. The van der Waals surface area contributed by atoms with Gasteiger partial charge < -0.3 is 4.74 Å². The number of aliphatic imine (C=N–C) groups is 1. The lowest BCUT2D eigenvalue weighted by Crippen LogP contribution is -2.63. The predicted octanol–water partition coefficient (Wildman–Crippen LogP) is 0.756. The van der Waals surface area contributed by atoms with Gasteiger partial charge in [0.1, 0.15) is 5.69 Å². The Kier molecular flexibility index (Phi) is 5.14. The number of ether oxygens (including phenoxy) is 1. The van der Waals surface area contributed by atoms with Crippen molar-refractivity contribution in [2.24, 2.45) is 4.99 Å². The summed E-state index contributed by atoms with van der Waals surface area (Å²) in [5, 5.41) is 4.60. The second-order valence-electron chi connectivity index (χ2n) is 6.90. The van der Waals surface area contributed by atoms with Crippen molar-refractivity contribution in [1.82, 2.24) is 19.6 Å². The molecule has 9 heteroatoms. The number of nitrogens with zero attached hydrogens (tertiary/aromatic N) is 6. The van der Waals surface area contributed by atoms with Crippen molar-refractivity contribution in [2.75, 3.05) is 33.9 Å². The van der Waals surface area contributed by atoms with E-state index < -0.39 is 6.04 Å². The van der Waals surface area contributed by atoms with E-state index in [0.29, 0.717) is 24.9 Å². The maximum Gasteiger partial charge on any atom is 0.421 e. The number of hydrogen-bond acceptors (Lipinski definition) is 5. The number of imide groups is 1. The standard InChI is InChI=1S/C18H27N6O3/c1-7-8-22-14-15(19-17(22)24-13(4)11(2)12(3)20-24)21(5)18(26)23(16(14)25)9-10-27-6/h14H,7-10H2,1-6H3/q+1. The van der Waals surface area contributed by atoms with Gasteiger partial charge in [-0.25, -0.2) is 9.37 Å². The van der Waals surface area contributed by atoms with Crippen LogP contribution in [-0.2, 0) is 9.53 Å². The Morgan fingerprint density at radius 1 is 1.22 bits per heavy atom. The molecular formula is C18H27N6O3+. The number of rotatable bonds is 5. The minimum Gasteiger partial charge on any atom is -0.383 e. The monoisotopic (exact) mass is 375 g/mol. The van der Waals surface area contributed by atoms with E-state index in [4.69, 9.17) is 4.74 Å². The van der Waals surface area contributed by atoms with E-state index in [-0.39, 0.29) is 18.5 Å². The van der Waals surface area contributed by atoms with Crippen molar-refractivity contribution in [3.63, 3.8) is 0 Å². The smallest absolute Gasteiger partial charge is 0.383 e. The summed E-state index contributed by atoms with van der Waals surface area (Å²) < 4.78 is 8.77. The average Bonchev–Trinajstić information content (AvgIpc) is 3.13. The lowest BCUT2D eigenvalue weighted by molar-refractivity contribution is -0.537. The van der Waals surface area contributed by atoms with Crippen LogP contribution in [0.1, 0.15) is 30.3 Å². The first-order valence-corrected chi connectivity index (χ1v) is 9.16. The molecule has 1 aromatic heterocycles. The molecule has 0 aliphatic carbocycles. The molecule has 0 aromatic carbocycles. The fourth-order valence-corrected chi connectivity index (χ4v) is 3.45. The Bertz CT molecular complexity index is 854. The number of hydrogen-bond donors (Lipinski definition) is 0. The molecule has 0 bridgehead atoms. The van der Waals surface area contributed by atoms with Gasteiger partial charge in [0.2, 0.25) is 11.9 Å². The van der Waals surface area contributed by atoms with Gasteiger partial charge in [-0.1, -0.05) is 11.9 Å². The maximum absolute atomic E-state index is 13.1. The van der Waals surface area contributed by atoms with Gasteiger partial charge in [0.25, 0.3) is 5.91 Å². The third kappa shape index (κ3) is 2.95. The van der Waals surface area contributed by atoms with Crippen molar-refractivity contribution in [1.29, 1.82) is 0 Å². The van der Waals surface area contributed by atoms with Crippen LogP contribution >= 0.6 is 0 Å². The molecule has 1 aromatic rings. The first kappa shape index (κ1) is 19.2. The number of urea groups is 1. The van der Waals surface area contributed by atoms with E-state index >= 15 is 0 Å². The minimum atomic E-state index is -0.622. The van der Waals surface area contributed by atoms with E-state index in [1.807, 2.05) is 32.3 Å². The largest absolute Gasteiger partial charge is 0.421 e. The van der Waals surface area contributed by atoms with E-state index in [1.165, 1.54) is 9.80 Å². The zero-order valence-corrected chi connectivity index (χ0v) is 16.8. The Morgan fingerprint density at radius 2 is 1.93 bits per heavy atom. The highest BCUT2D eigenvalue weighted by molar-refractivity contribution is 6.23. The number of aryl methyl sites for hydroxylation is 1. The molecule has 0 N–H and O–H groups in total. The molecule has 1 unspecified atom stereocenters. The van der Waals surface area contributed by atoms with Crippen LogP contribution in [0.5, 0.6) is 0 Å². The molecule has 3 rings (SSSR count). The average molecular weight is 375 g/mol. The van der Waals surface area contributed by atoms with Crippen molar-refractivity contribution in [3.8, 4) is 0 Å². The van der Waals surface area contributed by atoms with Crippen LogP contribution in [0.15, 0.2) is 4.99 Å². The molecule has 0 saturated carbocycles. The third-order valence-corrected chi connectivity index (χ3v) is 5.22. The Hall–Kier alpha value is -2.55. The molecule has 1 saturated heterocycles. The number of fused-ring (bicyclic) bond motifs is 1. The van der Waals surface area contributed by atoms with Gasteiger partial charge in [-0.3, -0.25) is 14.6 Å². The van der Waals surface area contributed by atoms with E-state index in [0.717, 1.165) is 23.4 Å². The molecule has 0 spiro atoms. The van der Waals surface area contributed by atoms with Gasteiger partial charge >= 0.3 is 12.0 Å². The van der Waals surface area contributed by atoms with Crippen LogP contribution in [0, 0.1) is 20.8 Å². The van der Waals surface area contributed by atoms with Gasteiger partial charge in [0.05, 0.1) is 25.4 Å². The van der Waals surface area contributed by atoms with Gasteiger partial charge in [0, 0.05) is 19.7 Å². The minimum absolute atomic E-state index is 0.219. The summed E-state index contributed by atoms with van der Waals surface area (Å²) in [5.41, 5.74) is 2.99. The van der Waals surface area contributed by atoms with Crippen molar-refractivity contribution >= 4 is 23.7 Å².